The second-order valence-corrected chi connectivity index (χ2v) is 9.49. The number of esters is 1. The molecule has 2 aliphatic carbocycles. The molecule has 3 aliphatic rings. The second-order valence-electron chi connectivity index (χ2n) is 9.49. The number of hydrogen-bond acceptors (Lipinski definition) is 5. The highest BCUT2D eigenvalue weighted by Crippen LogP contribution is 2.48. The minimum Gasteiger partial charge on any atom is -0.462 e. The highest BCUT2D eigenvalue weighted by atomic mass is 16.5. The zero-order valence-corrected chi connectivity index (χ0v) is 17.6. The van der Waals surface area contributed by atoms with Crippen molar-refractivity contribution in [2.24, 2.45) is 16.3 Å². The maximum atomic E-state index is 13.3. The quantitative estimate of drug-likeness (QED) is 0.692. The summed E-state index contributed by atoms with van der Waals surface area (Å²) in [5, 5.41) is 0. The highest BCUT2D eigenvalue weighted by Gasteiger charge is 2.46. The molecule has 1 aromatic heterocycles. The minimum absolute atomic E-state index is 0.0153. The standard InChI is InChI=1S/C24H30N2O3/c1-15-20(23(28)29-17-7-5-4-6-8-17)21(16-9-11-25-12-10-16)22-18(26-15)13-24(2,3)14-19(22)27/h9-12,17,20-21H,4-8,13-14H2,1-3H3/t20?,21-/m0/s1. The van der Waals surface area contributed by atoms with Crippen LogP contribution in [0, 0.1) is 11.3 Å². The number of ketones is 1. The van der Waals surface area contributed by atoms with Crippen molar-refractivity contribution in [3.63, 3.8) is 0 Å². The van der Waals surface area contributed by atoms with Gasteiger partial charge < -0.3 is 4.74 Å². The summed E-state index contributed by atoms with van der Waals surface area (Å²) in [4.78, 5) is 35.4. The molecule has 0 radical (unpaired) electrons. The van der Waals surface area contributed by atoms with Gasteiger partial charge >= 0.3 is 5.97 Å². The van der Waals surface area contributed by atoms with E-state index in [1.54, 1.807) is 12.4 Å². The average molecular weight is 395 g/mol. The van der Waals surface area contributed by atoms with Crippen LogP contribution < -0.4 is 0 Å². The van der Waals surface area contributed by atoms with Crippen LogP contribution >= 0.6 is 0 Å². The van der Waals surface area contributed by atoms with Gasteiger partial charge in [-0.15, -0.1) is 0 Å². The number of ether oxygens (including phenoxy) is 1. The monoisotopic (exact) mass is 394 g/mol. The number of allylic oxidation sites excluding steroid dienone is 2. The first-order valence-electron chi connectivity index (χ1n) is 10.8. The number of carbonyl (C=O) groups excluding carboxylic acids is 2. The molecule has 0 spiro atoms. The molecule has 0 bridgehead atoms. The van der Waals surface area contributed by atoms with Gasteiger partial charge in [-0.25, -0.2) is 0 Å². The number of aliphatic imine (C=N–C) groups is 1. The molecule has 2 heterocycles. The summed E-state index contributed by atoms with van der Waals surface area (Å²) in [5.74, 6) is -1.04. The molecule has 1 fully saturated rings. The number of Topliss-reactive ketones (excluding diaryl/α,β-unsaturated/α-hetero) is 1. The number of hydrogen-bond donors (Lipinski definition) is 0. The first-order valence-corrected chi connectivity index (χ1v) is 10.8. The molecule has 5 heteroatoms. The number of nitrogens with zero attached hydrogens (tertiary/aromatic N) is 2. The lowest BCUT2D eigenvalue weighted by Gasteiger charge is -2.39. The largest absolute Gasteiger partial charge is 0.462 e. The molecular weight excluding hydrogens is 364 g/mol. The summed E-state index contributed by atoms with van der Waals surface area (Å²) in [6.07, 6.45) is 9.92. The normalized spacial score (nSPS) is 27.3. The molecule has 154 valence electrons. The van der Waals surface area contributed by atoms with Crippen LogP contribution in [0.25, 0.3) is 0 Å². The molecule has 1 aliphatic heterocycles. The Morgan fingerprint density at radius 1 is 1.10 bits per heavy atom. The van der Waals surface area contributed by atoms with Crippen molar-refractivity contribution in [2.45, 2.75) is 77.7 Å². The Labute approximate surface area is 172 Å². The van der Waals surface area contributed by atoms with Crippen molar-refractivity contribution in [3.05, 3.63) is 41.4 Å². The average Bonchev–Trinajstić information content (AvgIpc) is 2.67. The van der Waals surface area contributed by atoms with Gasteiger partial charge in [0.05, 0.1) is 0 Å². The van der Waals surface area contributed by atoms with Crippen LogP contribution in [0.1, 0.15) is 77.2 Å². The Hall–Kier alpha value is -2.30. The predicted molar refractivity (Wildman–Crippen MR) is 112 cm³/mol. The number of aromatic nitrogens is 1. The van der Waals surface area contributed by atoms with Gasteiger partial charge in [0.25, 0.3) is 0 Å². The first-order chi connectivity index (χ1) is 13.9. The second kappa shape index (κ2) is 7.85. The van der Waals surface area contributed by atoms with E-state index in [0.29, 0.717) is 12.0 Å². The summed E-state index contributed by atoms with van der Waals surface area (Å²) < 4.78 is 5.94. The Morgan fingerprint density at radius 3 is 2.48 bits per heavy atom. The van der Waals surface area contributed by atoms with E-state index in [0.717, 1.165) is 49.1 Å². The van der Waals surface area contributed by atoms with E-state index < -0.39 is 5.92 Å². The van der Waals surface area contributed by atoms with Gasteiger partial charge in [0.1, 0.15) is 12.0 Å². The fraction of sp³-hybridized carbons (Fsp3) is 0.583. The Morgan fingerprint density at radius 2 is 1.79 bits per heavy atom. The van der Waals surface area contributed by atoms with Crippen LogP contribution in [-0.2, 0) is 14.3 Å². The molecule has 29 heavy (non-hydrogen) atoms. The summed E-state index contributed by atoms with van der Waals surface area (Å²) in [6, 6.07) is 3.81. The molecule has 2 atom stereocenters. The Balaban J connectivity index is 1.73. The molecule has 0 aromatic carbocycles. The molecule has 4 rings (SSSR count). The van der Waals surface area contributed by atoms with Crippen molar-refractivity contribution in [1.29, 1.82) is 0 Å². The number of carbonyl (C=O) groups is 2. The van der Waals surface area contributed by atoms with Crippen LogP contribution in [0.4, 0.5) is 0 Å². The van der Waals surface area contributed by atoms with E-state index in [2.05, 4.69) is 18.8 Å². The summed E-state index contributed by atoms with van der Waals surface area (Å²) >= 11 is 0. The number of pyridine rings is 1. The zero-order valence-electron chi connectivity index (χ0n) is 17.6. The van der Waals surface area contributed by atoms with Gasteiger partial charge in [-0.2, -0.15) is 0 Å². The summed E-state index contributed by atoms with van der Waals surface area (Å²) in [5.41, 5.74) is 3.11. The van der Waals surface area contributed by atoms with Gasteiger partial charge in [-0.1, -0.05) is 20.3 Å². The zero-order chi connectivity index (χ0) is 20.6. The molecule has 5 nitrogen and oxygen atoms in total. The van der Waals surface area contributed by atoms with Gasteiger partial charge in [0.15, 0.2) is 5.78 Å². The van der Waals surface area contributed by atoms with Crippen molar-refractivity contribution in [2.75, 3.05) is 0 Å². The SMILES string of the molecule is CC1=NC2=C(C(=O)CC(C)(C)C2)[C@@H](c2ccncc2)C1C(=O)OC1CCCCC1. The van der Waals surface area contributed by atoms with Crippen LogP contribution in [0.5, 0.6) is 0 Å². The fourth-order valence-corrected chi connectivity index (χ4v) is 5.10. The lowest BCUT2D eigenvalue weighted by atomic mass is 9.67. The molecule has 1 unspecified atom stereocenters. The highest BCUT2D eigenvalue weighted by molar-refractivity contribution is 6.09. The maximum absolute atomic E-state index is 13.3. The van der Waals surface area contributed by atoms with E-state index in [-0.39, 0.29) is 29.2 Å². The van der Waals surface area contributed by atoms with E-state index in [9.17, 15) is 9.59 Å². The van der Waals surface area contributed by atoms with Crippen LogP contribution in [-0.4, -0.2) is 28.6 Å². The van der Waals surface area contributed by atoms with Crippen molar-refractivity contribution in [3.8, 4) is 0 Å². The van der Waals surface area contributed by atoms with E-state index >= 15 is 0 Å². The third-order valence-corrected chi connectivity index (χ3v) is 6.46. The van der Waals surface area contributed by atoms with Gasteiger partial charge in [-0.05, 0) is 62.1 Å². The third-order valence-electron chi connectivity index (χ3n) is 6.46. The van der Waals surface area contributed by atoms with E-state index in [1.807, 2.05) is 19.1 Å². The van der Waals surface area contributed by atoms with Crippen LogP contribution in [0.15, 0.2) is 40.8 Å². The molecular formula is C24H30N2O3. The van der Waals surface area contributed by atoms with Crippen LogP contribution in [0.3, 0.4) is 0 Å². The van der Waals surface area contributed by atoms with E-state index in [1.165, 1.54) is 6.42 Å². The van der Waals surface area contributed by atoms with Crippen molar-refractivity contribution >= 4 is 17.5 Å². The topological polar surface area (TPSA) is 68.6 Å². The Bertz CT molecular complexity index is 863. The van der Waals surface area contributed by atoms with Gasteiger partial charge in [-0.3, -0.25) is 19.6 Å². The molecule has 0 saturated heterocycles. The van der Waals surface area contributed by atoms with Gasteiger partial charge in [0.2, 0.25) is 0 Å². The lowest BCUT2D eigenvalue weighted by molar-refractivity contribution is -0.153. The molecule has 1 saturated carbocycles. The third kappa shape index (κ3) is 4.05. The van der Waals surface area contributed by atoms with Crippen molar-refractivity contribution in [1.82, 2.24) is 4.98 Å². The van der Waals surface area contributed by atoms with Crippen molar-refractivity contribution < 1.29 is 14.3 Å². The predicted octanol–water partition coefficient (Wildman–Crippen LogP) is 4.78. The maximum Gasteiger partial charge on any atom is 0.315 e. The molecule has 0 N–H and O–H groups in total. The molecule has 1 aromatic rings. The Kier molecular flexibility index (Phi) is 5.41. The van der Waals surface area contributed by atoms with E-state index in [4.69, 9.17) is 9.73 Å². The fourth-order valence-electron chi connectivity index (χ4n) is 5.10. The molecule has 0 amide bonds. The summed E-state index contributed by atoms with van der Waals surface area (Å²) in [6.45, 7) is 6.10. The van der Waals surface area contributed by atoms with Gasteiger partial charge in [0, 0.05) is 41.7 Å². The smallest absolute Gasteiger partial charge is 0.315 e. The van der Waals surface area contributed by atoms with Crippen LogP contribution in [0.2, 0.25) is 0 Å². The minimum atomic E-state index is -0.553. The lowest BCUT2D eigenvalue weighted by Crippen LogP contribution is -2.40. The number of rotatable bonds is 3. The first kappa shape index (κ1) is 20.0. The summed E-state index contributed by atoms with van der Waals surface area (Å²) in [7, 11) is 0.